The molecule has 0 aliphatic carbocycles. The number of benzene rings is 2. The summed E-state index contributed by atoms with van der Waals surface area (Å²) in [5, 5.41) is 2.24. The monoisotopic (exact) mass is 265 g/mol. The third-order valence-electron chi connectivity index (χ3n) is 4.72. The van der Waals surface area contributed by atoms with Crippen molar-refractivity contribution in [3.8, 4) is 0 Å². The van der Waals surface area contributed by atoms with Gasteiger partial charge in [0, 0.05) is 6.42 Å². The van der Waals surface area contributed by atoms with Gasteiger partial charge >= 0.3 is 0 Å². The van der Waals surface area contributed by atoms with E-state index >= 15 is 0 Å². The molecule has 2 aliphatic rings. The Labute approximate surface area is 119 Å². The van der Waals surface area contributed by atoms with E-state index in [1.54, 1.807) is 0 Å². The van der Waals surface area contributed by atoms with Crippen LogP contribution in [0.5, 0.6) is 0 Å². The summed E-state index contributed by atoms with van der Waals surface area (Å²) in [6.07, 6.45) is 2.54. The SMILES string of the molecule is CC1(c2ccccc2)CC2CC(c3ccccc3)N1O2. The number of hydrogen-bond donors (Lipinski definition) is 0. The van der Waals surface area contributed by atoms with Crippen molar-refractivity contribution in [2.45, 2.75) is 37.5 Å². The minimum absolute atomic E-state index is 0.00924. The molecule has 20 heavy (non-hydrogen) atoms. The van der Waals surface area contributed by atoms with Gasteiger partial charge in [0.05, 0.1) is 17.7 Å². The predicted molar refractivity (Wildman–Crippen MR) is 78.9 cm³/mol. The van der Waals surface area contributed by atoms with Crippen LogP contribution < -0.4 is 0 Å². The molecule has 102 valence electrons. The molecular weight excluding hydrogens is 246 g/mol. The molecule has 4 unspecified atom stereocenters. The molecule has 2 heterocycles. The molecule has 2 fully saturated rings. The van der Waals surface area contributed by atoms with Gasteiger partial charge in [0.15, 0.2) is 0 Å². The molecule has 0 N–H and O–H groups in total. The molecule has 2 bridgehead atoms. The van der Waals surface area contributed by atoms with Crippen molar-refractivity contribution in [3.05, 3.63) is 71.8 Å². The van der Waals surface area contributed by atoms with E-state index in [0.717, 1.165) is 12.8 Å². The fourth-order valence-electron chi connectivity index (χ4n) is 3.72. The van der Waals surface area contributed by atoms with Crippen LogP contribution in [0, 0.1) is 0 Å². The highest BCUT2D eigenvalue weighted by atomic mass is 16.7. The zero-order valence-corrected chi connectivity index (χ0v) is 11.7. The quantitative estimate of drug-likeness (QED) is 0.812. The predicted octanol–water partition coefficient (Wildman–Crippen LogP) is 4.05. The highest BCUT2D eigenvalue weighted by molar-refractivity contribution is 5.29. The smallest absolute Gasteiger partial charge is 0.0834 e. The molecule has 0 amide bonds. The van der Waals surface area contributed by atoms with Crippen molar-refractivity contribution in [1.29, 1.82) is 0 Å². The molecule has 2 heteroatoms. The van der Waals surface area contributed by atoms with Crippen molar-refractivity contribution in [2.24, 2.45) is 0 Å². The van der Waals surface area contributed by atoms with Gasteiger partial charge in [0.2, 0.25) is 0 Å². The Morgan fingerprint density at radius 1 is 1.00 bits per heavy atom. The second-order valence-electron chi connectivity index (χ2n) is 6.06. The van der Waals surface area contributed by atoms with Gasteiger partial charge in [-0.2, -0.15) is 5.06 Å². The average molecular weight is 265 g/mol. The Morgan fingerprint density at radius 3 is 2.30 bits per heavy atom. The molecule has 2 aromatic carbocycles. The molecule has 0 aromatic heterocycles. The zero-order chi connectivity index (χ0) is 13.6. The summed E-state index contributed by atoms with van der Waals surface area (Å²) in [4.78, 5) is 6.14. The molecule has 4 rings (SSSR count). The molecule has 0 radical (unpaired) electrons. The lowest BCUT2D eigenvalue weighted by atomic mass is 9.80. The van der Waals surface area contributed by atoms with Crippen LogP contribution >= 0.6 is 0 Å². The first-order chi connectivity index (χ1) is 9.77. The maximum Gasteiger partial charge on any atom is 0.0834 e. The van der Waals surface area contributed by atoms with Gasteiger partial charge in [-0.3, -0.25) is 4.84 Å². The summed E-state index contributed by atoms with van der Waals surface area (Å²) in [6.45, 7) is 2.30. The number of nitrogens with zero attached hydrogens (tertiary/aromatic N) is 1. The third-order valence-corrected chi connectivity index (χ3v) is 4.72. The van der Waals surface area contributed by atoms with E-state index < -0.39 is 0 Å². The van der Waals surface area contributed by atoms with E-state index in [9.17, 15) is 0 Å². The van der Waals surface area contributed by atoms with Gasteiger partial charge in [-0.15, -0.1) is 0 Å². The van der Waals surface area contributed by atoms with Crippen LogP contribution in [0.3, 0.4) is 0 Å². The van der Waals surface area contributed by atoms with Gasteiger partial charge in [-0.1, -0.05) is 60.7 Å². The topological polar surface area (TPSA) is 12.5 Å². The Bertz CT molecular complexity index is 597. The molecule has 0 saturated carbocycles. The standard InChI is InChI=1S/C18H19NO/c1-18(15-10-6-3-7-11-15)13-16-12-17(19(18)20-16)14-8-4-2-5-9-14/h2-11,16-17H,12-13H2,1H3. The third kappa shape index (κ3) is 1.72. The average Bonchev–Trinajstić information content (AvgIpc) is 3.07. The summed E-state index contributed by atoms with van der Waals surface area (Å²) in [7, 11) is 0. The van der Waals surface area contributed by atoms with Crippen molar-refractivity contribution < 1.29 is 4.84 Å². The minimum Gasteiger partial charge on any atom is -0.294 e. The Balaban J connectivity index is 1.72. The number of hydrogen-bond acceptors (Lipinski definition) is 2. The molecule has 0 spiro atoms. The number of rotatable bonds is 2. The number of piperidine rings is 1. The highest BCUT2D eigenvalue weighted by Gasteiger charge is 2.54. The summed E-state index contributed by atoms with van der Waals surface area (Å²) < 4.78 is 0. The van der Waals surface area contributed by atoms with Crippen LogP contribution in [-0.4, -0.2) is 11.2 Å². The second kappa shape index (κ2) is 4.44. The van der Waals surface area contributed by atoms with Crippen molar-refractivity contribution in [2.75, 3.05) is 0 Å². The van der Waals surface area contributed by atoms with Crippen LogP contribution in [0.15, 0.2) is 60.7 Å². The lowest BCUT2D eigenvalue weighted by Gasteiger charge is -2.39. The van der Waals surface area contributed by atoms with Crippen molar-refractivity contribution >= 4 is 0 Å². The van der Waals surface area contributed by atoms with Crippen LogP contribution in [0.4, 0.5) is 0 Å². The maximum absolute atomic E-state index is 6.14. The first-order valence-electron chi connectivity index (χ1n) is 7.34. The van der Waals surface area contributed by atoms with Gasteiger partial charge in [0.25, 0.3) is 0 Å². The molecule has 2 nitrogen and oxygen atoms in total. The van der Waals surface area contributed by atoms with Crippen LogP contribution in [0.2, 0.25) is 0 Å². The zero-order valence-electron chi connectivity index (χ0n) is 11.7. The number of fused-ring (bicyclic) bond motifs is 2. The minimum atomic E-state index is -0.00924. The second-order valence-corrected chi connectivity index (χ2v) is 6.06. The van der Waals surface area contributed by atoms with Crippen LogP contribution in [-0.2, 0) is 10.4 Å². The van der Waals surface area contributed by atoms with Gasteiger partial charge in [0.1, 0.15) is 0 Å². The van der Waals surface area contributed by atoms with Gasteiger partial charge < -0.3 is 0 Å². The normalized spacial score (nSPS) is 35.4. The fourth-order valence-corrected chi connectivity index (χ4v) is 3.72. The molecule has 2 aliphatic heterocycles. The lowest BCUT2D eigenvalue weighted by Crippen LogP contribution is -2.41. The fraction of sp³-hybridized carbons (Fsp3) is 0.333. The summed E-state index contributed by atoms with van der Waals surface area (Å²) in [5.74, 6) is 0. The summed E-state index contributed by atoms with van der Waals surface area (Å²) >= 11 is 0. The first kappa shape index (κ1) is 12.1. The van der Waals surface area contributed by atoms with E-state index in [2.05, 4.69) is 72.7 Å². The van der Waals surface area contributed by atoms with Crippen molar-refractivity contribution in [3.63, 3.8) is 0 Å². The Kier molecular flexibility index (Phi) is 2.69. The van der Waals surface area contributed by atoms with E-state index in [1.807, 2.05) is 0 Å². The number of hydroxylamine groups is 2. The molecule has 4 atom stereocenters. The van der Waals surface area contributed by atoms with E-state index in [0.29, 0.717) is 12.1 Å². The van der Waals surface area contributed by atoms with Crippen LogP contribution in [0.25, 0.3) is 0 Å². The Hall–Kier alpha value is -1.64. The molecule has 2 saturated heterocycles. The molecule has 2 aromatic rings. The maximum atomic E-state index is 6.14. The lowest BCUT2D eigenvalue weighted by molar-refractivity contribution is -0.166. The molecular formula is C18H19NO. The highest BCUT2D eigenvalue weighted by Crippen LogP contribution is 2.53. The largest absolute Gasteiger partial charge is 0.294 e. The van der Waals surface area contributed by atoms with Gasteiger partial charge in [-0.25, -0.2) is 0 Å². The van der Waals surface area contributed by atoms with E-state index in [-0.39, 0.29) is 5.54 Å². The summed E-state index contributed by atoms with van der Waals surface area (Å²) in [5.41, 5.74) is 2.70. The van der Waals surface area contributed by atoms with Crippen LogP contribution in [0.1, 0.15) is 36.9 Å². The Morgan fingerprint density at radius 2 is 1.65 bits per heavy atom. The van der Waals surface area contributed by atoms with E-state index in [4.69, 9.17) is 4.84 Å². The first-order valence-corrected chi connectivity index (χ1v) is 7.34. The van der Waals surface area contributed by atoms with E-state index in [1.165, 1.54) is 11.1 Å². The van der Waals surface area contributed by atoms with Gasteiger partial charge in [-0.05, 0) is 24.5 Å². The summed E-state index contributed by atoms with van der Waals surface area (Å²) in [6, 6.07) is 21.8. The van der Waals surface area contributed by atoms with Crippen molar-refractivity contribution in [1.82, 2.24) is 5.06 Å².